The highest BCUT2D eigenvalue weighted by Gasteiger charge is 2.18. The molecule has 1 amide bonds. The van der Waals surface area contributed by atoms with E-state index in [0.29, 0.717) is 17.7 Å². The monoisotopic (exact) mass is 391 g/mol. The molecule has 2 aromatic heterocycles. The van der Waals surface area contributed by atoms with E-state index in [9.17, 15) is 14.0 Å². The Balaban J connectivity index is 1.58. The van der Waals surface area contributed by atoms with Gasteiger partial charge in [0, 0.05) is 13.2 Å². The first-order valence-corrected chi connectivity index (χ1v) is 8.96. The molecule has 0 atom stereocenters. The predicted octanol–water partition coefficient (Wildman–Crippen LogP) is 2.88. The maximum Gasteiger partial charge on any atom is 0.280 e. The lowest BCUT2D eigenvalue weighted by molar-refractivity contribution is 0.101. The molecule has 0 radical (unpaired) electrons. The predicted molar refractivity (Wildman–Crippen MR) is 107 cm³/mol. The lowest BCUT2D eigenvalue weighted by Crippen LogP contribution is -2.26. The van der Waals surface area contributed by atoms with Crippen LogP contribution in [0.25, 0.3) is 10.9 Å². The van der Waals surface area contributed by atoms with Gasteiger partial charge in [0.25, 0.3) is 5.91 Å². The molecule has 0 saturated heterocycles. The first-order valence-electron chi connectivity index (χ1n) is 8.96. The number of aromatic nitrogens is 4. The summed E-state index contributed by atoms with van der Waals surface area (Å²) in [5.41, 5.74) is 2.18. The zero-order chi connectivity index (χ0) is 20.5. The minimum absolute atomic E-state index is 0.0998. The largest absolute Gasteiger partial charge is 0.318 e. The van der Waals surface area contributed by atoms with Crippen molar-refractivity contribution in [3.8, 4) is 0 Å². The fourth-order valence-electron chi connectivity index (χ4n) is 3.20. The number of rotatable bonds is 4. The third-order valence-electron chi connectivity index (χ3n) is 4.55. The first-order chi connectivity index (χ1) is 13.9. The van der Waals surface area contributed by atoms with Gasteiger partial charge >= 0.3 is 0 Å². The lowest BCUT2D eigenvalue weighted by Gasteiger charge is -2.07. The summed E-state index contributed by atoms with van der Waals surface area (Å²) < 4.78 is 16.6. The highest BCUT2D eigenvalue weighted by Crippen LogP contribution is 2.13. The molecule has 0 fully saturated rings. The molecule has 0 aliphatic heterocycles. The summed E-state index contributed by atoms with van der Waals surface area (Å²) in [5.74, 6) is -1.23. The molecule has 146 valence electrons. The zero-order valence-electron chi connectivity index (χ0n) is 15.9. The summed E-state index contributed by atoms with van der Waals surface area (Å²) in [6.07, 6.45) is 3.17. The molecule has 0 aliphatic carbocycles. The van der Waals surface area contributed by atoms with Crippen LogP contribution in [-0.2, 0) is 13.6 Å². The van der Waals surface area contributed by atoms with Gasteiger partial charge in [-0.3, -0.25) is 19.0 Å². The molecule has 0 bridgehead atoms. The van der Waals surface area contributed by atoms with Crippen molar-refractivity contribution in [3.63, 3.8) is 0 Å². The van der Waals surface area contributed by atoms with Crippen LogP contribution in [-0.4, -0.2) is 25.5 Å². The summed E-state index contributed by atoms with van der Waals surface area (Å²) in [6.45, 7) is 2.56. The summed E-state index contributed by atoms with van der Waals surface area (Å²) in [5, 5.41) is 11.0. The molecule has 4 aromatic rings. The molecule has 0 unspecified atom stereocenters. The number of anilines is 1. The molecule has 1 N–H and O–H groups in total. The minimum Gasteiger partial charge on any atom is -0.318 e. The number of carbonyl (C=O) groups is 1. The fourth-order valence-corrected chi connectivity index (χ4v) is 3.20. The van der Waals surface area contributed by atoms with Gasteiger partial charge < -0.3 is 5.32 Å². The Hall–Kier alpha value is -3.81. The average molecular weight is 391 g/mol. The fraction of sp³-hybridized carbons (Fsp3) is 0.143. The molecular weight excluding hydrogens is 373 g/mol. The van der Waals surface area contributed by atoms with E-state index in [1.807, 2.05) is 25.1 Å². The number of nitrogens with one attached hydrogen (secondary N) is 1. The Morgan fingerprint density at radius 2 is 2.03 bits per heavy atom. The highest BCUT2D eigenvalue weighted by molar-refractivity contribution is 6.04. The van der Waals surface area contributed by atoms with Crippen LogP contribution in [0, 0.1) is 12.7 Å². The van der Waals surface area contributed by atoms with Gasteiger partial charge in [-0.1, -0.05) is 29.8 Å². The molecule has 0 saturated carbocycles. The van der Waals surface area contributed by atoms with Crippen molar-refractivity contribution >= 4 is 22.5 Å². The topological polar surface area (TPSA) is 81.8 Å². The van der Waals surface area contributed by atoms with Crippen LogP contribution >= 0.6 is 0 Å². The Labute approximate surface area is 165 Å². The number of benzene rings is 2. The Morgan fingerprint density at radius 1 is 1.21 bits per heavy atom. The molecule has 0 spiro atoms. The second kappa shape index (κ2) is 7.31. The van der Waals surface area contributed by atoms with E-state index >= 15 is 0 Å². The van der Waals surface area contributed by atoms with Crippen molar-refractivity contribution in [2.75, 3.05) is 5.32 Å². The lowest BCUT2D eigenvalue weighted by atomic mass is 10.1. The van der Waals surface area contributed by atoms with Crippen LogP contribution in [0.2, 0.25) is 0 Å². The number of hydrogen-bond donors (Lipinski definition) is 1. The quantitative estimate of drug-likeness (QED) is 0.580. The number of halogens is 1. The van der Waals surface area contributed by atoms with Crippen LogP contribution in [0.4, 0.5) is 10.1 Å². The highest BCUT2D eigenvalue weighted by atomic mass is 19.1. The molecule has 0 aliphatic rings. The van der Waals surface area contributed by atoms with Gasteiger partial charge in [0.2, 0.25) is 5.43 Å². The van der Waals surface area contributed by atoms with Crippen LogP contribution in [0.3, 0.4) is 0 Å². The third-order valence-corrected chi connectivity index (χ3v) is 4.55. The Kier molecular flexibility index (Phi) is 4.67. The van der Waals surface area contributed by atoms with E-state index in [1.54, 1.807) is 17.9 Å². The number of hydrogen-bond acceptors (Lipinski definition) is 4. The van der Waals surface area contributed by atoms with Gasteiger partial charge in [0.05, 0.1) is 29.3 Å². The normalized spacial score (nSPS) is 11.0. The number of fused-ring (bicyclic) bond motifs is 1. The van der Waals surface area contributed by atoms with E-state index in [2.05, 4.69) is 21.6 Å². The Morgan fingerprint density at radius 3 is 2.83 bits per heavy atom. The van der Waals surface area contributed by atoms with Gasteiger partial charge in [0.1, 0.15) is 5.82 Å². The summed E-state index contributed by atoms with van der Waals surface area (Å²) >= 11 is 0. The van der Waals surface area contributed by atoms with Crippen molar-refractivity contribution < 1.29 is 9.18 Å². The zero-order valence-corrected chi connectivity index (χ0v) is 15.9. The first kappa shape index (κ1) is 18.5. The second-order valence-corrected chi connectivity index (χ2v) is 6.83. The molecule has 8 heteroatoms. The van der Waals surface area contributed by atoms with Crippen molar-refractivity contribution in [1.29, 1.82) is 0 Å². The third kappa shape index (κ3) is 3.77. The molecule has 2 aromatic carbocycles. The smallest absolute Gasteiger partial charge is 0.280 e. The summed E-state index contributed by atoms with van der Waals surface area (Å²) in [7, 11) is 1.59. The van der Waals surface area contributed by atoms with E-state index < -0.39 is 17.2 Å². The minimum atomic E-state index is -0.674. The van der Waals surface area contributed by atoms with Crippen LogP contribution in [0.1, 0.15) is 21.6 Å². The number of amides is 1. The molecule has 29 heavy (non-hydrogen) atoms. The molecule has 7 nitrogen and oxygen atoms in total. The second-order valence-electron chi connectivity index (χ2n) is 6.83. The molecular formula is C21H18FN5O2. The van der Waals surface area contributed by atoms with E-state index in [1.165, 1.54) is 23.0 Å². The van der Waals surface area contributed by atoms with Crippen molar-refractivity contribution in [3.05, 3.63) is 87.7 Å². The number of carbonyl (C=O) groups excluding carboxylic acids is 1. The maximum absolute atomic E-state index is 13.6. The number of nitrogens with zero attached hydrogens (tertiary/aromatic N) is 4. The average Bonchev–Trinajstić information content (AvgIpc) is 3.11. The van der Waals surface area contributed by atoms with Crippen molar-refractivity contribution in [1.82, 2.24) is 19.6 Å². The van der Waals surface area contributed by atoms with Gasteiger partial charge in [0.15, 0.2) is 5.69 Å². The van der Waals surface area contributed by atoms with Gasteiger partial charge in [-0.05, 0) is 30.7 Å². The van der Waals surface area contributed by atoms with E-state index in [4.69, 9.17) is 0 Å². The van der Waals surface area contributed by atoms with Crippen LogP contribution in [0.5, 0.6) is 0 Å². The Bertz CT molecular complexity index is 1290. The van der Waals surface area contributed by atoms with Crippen molar-refractivity contribution in [2.45, 2.75) is 13.5 Å². The van der Waals surface area contributed by atoms with Gasteiger partial charge in [-0.2, -0.15) is 10.2 Å². The van der Waals surface area contributed by atoms with Gasteiger partial charge in [-0.25, -0.2) is 4.39 Å². The van der Waals surface area contributed by atoms with E-state index in [0.717, 1.165) is 17.2 Å². The molecule has 2 heterocycles. The molecule has 4 rings (SSSR count). The summed E-state index contributed by atoms with van der Waals surface area (Å²) in [6, 6.07) is 11.8. The van der Waals surface area contributed by atoms with E-state index in [-0.39, 0.29) is 11.1 Å². The SMILES string of the molecule is Cc1cccc(Cn2cc(NC(=O)c3nn(C)c4ccc(F)cc4c3=O)cn2)c1. The van der Waals surface area contributed by atoms with Crippen LogP contribution < -0.4 is 10.7 Å². The van der Waals surface area contributed by atoms with Gasteiger partial charge in [-0.15, -0.1) is 0 Å². The standard InChI is InChI=1S/C21H18FN5O2/c1-13-4-3-5-14(8-13)11-27-12-16(10-23-27)24-21(29)19-20(28)17-9-15(22)6-7-18(17)26(2)25-19/h3-10,12H,11H2,1-2H3,(H,24,29). The summed E-state index contributed by atoms with van der Waals surface area (Å²) in [4.78, 5) is 25.2. The van der Waals surface area contributed by atoms with Crippen molar-refractivity contribution in [2.24, 2.45) is 7.05 Å². The van der Waals surface area contributed by atoms with Crippen LogP contribution in [0.15, 0.2) is 59.7 Å². The maximum atomic E-state index is 13.6. The number of aryl methyl sites for hydroxylation is 2.